The number of hydrogen-bond donors (Lipinski definition) is 1. The van der Waals surface area contributed by atoms with Gasteiger partial charge >= 0.3 is 0 Å². The Morgan fingerprint density at radius 3 is 2.74 bits per heavy atom. The Morgan fingerprint density at radius 2 is 1.89 bits per heavy atom. The number of fused-ring (bicyclic) bond motifs is 1. The van der Waals surface area contributed by atoms with Crippen LogP contribution in [0.25, 0.3) is 10.8 Å². The van der Waals surface area contributed by atoms with Crippen LogP contribution in [0.4, 0.5) is 5.69 Å². The van der Waals surface area contributed by atoms with Crippen molar-refractivity contribution in [3.8, 4) is 0 Å². The first-order chi connectivity index (χ1) is 9.33. The molecule has 19 heavy (non-hydrogen) atoms. The lowest BCUT2D eigenvalue weighted by molar-refractivity contribution is -0.115. The van der Waals surface area contributed by atoms with E-state index in [1.165, 1.54) is 0 Å². The SMILES string of the molecule is O=C(Cc1ccsc1)Nc1cccc2ccccc12. The van der Waals surface area contributed by atoms with E-state index in [1.54, 1.807) is 11.3 Å². The van der Waals surface area contributed by atoms with Crippen molar-refractivity contribution in [2.24, 2.45) is 0 Å². The van der Waals surface area contributed by atoms with Gasteiger partial charge < -0.3 is 5.32 Å². The van der Waals surface area contributed by atoms with E-state index in [-0.39, 0.29) is 5.91 Å². The smallest absolute Gasteiger partial charge is 0.228 e. The fourth-order valence-corrected chi connectivity index (χ4v) is 2.78. The zero-order chi connectivity index (χ0) is 13.1. The van der Waals surface area contributed by atoms with Crippen molar-refractivity contribution in [2.45, 2.75) is 6.42 Å². The molecular formula is C16H13NOS. The number of rotatable bonds is 3. The number of carbonyl (C=O) groups excluding carboxylic acids is 1. The molecule has 2 aromatic carbocycles. The van der Waals surface area contributed by atoms with Gasteiger partial charge in [-0.1, -0.05) is 36.4 Å². The van der Waals surface area contributed by atoms with E-state index >= 15 is 0 Å². The molecule has 1 amide bonds. The normalized spacial score (nSPS) is 10.5. The monoisotopic (exact) mass is 267 g/mol. The zero-order valence-corrected chi connectivity index (χ0v) is 11.1. The minimum atomic E-state index is 0.0229. The third-order valence-corrected chi connectivity index (χ3v) is 3.74. The van der Waals surface area contributed by atoms with Crippen LogP contribution in [0.2, 0.25) is 0 Å². The van der Waals surface area contributed by atoms with E-state index in [1.807, 2.05) is 59.3 Å². The highest BCUT2D eigenvalue weighted by molar-refractivity contribution is 7.08. The lowest BCUT2D eigenvalue weighted by atomic mass is 10.1. The van der Waals surface area contributed by atoms with E-state index in [0.29, 0.717) is 6.42 Å². The fourth-order valence-electron chi connectivity index (χ4n) is 2.11. The van der Waals surface area contributed by atoms with Crippen LogP contribution in [0.3, 0.4) is 0 Å². The van der Waals surface area contributed by atoms with Crippen molar-refractivity contribution in [1.29, 1.82) is 0 Å². The minimum absolute atomic E-state index is 0.0229. The summed E-state index contributed by atoms with van der Waals surface area (Å²) >= 11 is 1.61. The fraction of sp³-hybridized carbons (Fsp3) is 0.0625. The van der Waals surface area contributed by atoms with Gasteiger partial charge in [-0.3, -0.25) is 4.79 Å². The molecule has 0 radical (unpaired) electrons. The van der Waals surface area contributed by atoms with Gasteiger partial charge in [0.25, 0.3) is 0 Å². The van der Waals surface area contributed by atoms with Gasteiger partial charge in [0, 0.05) is 11.1 Å². The van der Waals surface area contributed by atoms with Gasteiger partial charge in [0.1, 0.15) is 0 Å². The summed E-state index contributed by atoms with van der Waals surface area (Å²) in [4.78, 5) is 12.0. The topological polar surface area (TPSA) is 29.1 Å². The van der Waals surface area contributed by atoms with E-state index in [4.69, 9.17) is 0 Å². The van der Waals surface area contributed by atoms with Crippen LogP contribution >= 0.6 is 11.3 Å². The van der Waals surface area contributed by atoms with Gasteiger partial charge in [-0.15, -0.1) is 0 Å². The van der Waals surface area contributed by atoms with Crippen molar-refractivity contribution < 1.29 is 4.79 Å². The molecule has 0 atom stereocenters. The quantitative estimate of drug-likeness (QED) is 0.761. The third kappa shape index (κ3) is 2.66. The highest BCUT2D eigenvalue weighted by Gasteiger charge is 2.06. The van der Waals surface area contributed by atoms with Crippen molar-refractivity contribution in [1.82, 2.24) is 0 Å². The molecule has 2 nitrogen and oxygen atoms in total. The van der Waals surface area contributed by atoms with Crippen LogP contribution in [-0.4, -0.2) is 5.91 Å². The Bertz CT molecular complexity index is 698. The van der Waals surface area contributed by atoms with Gasteiger partial charge in [0.15, 0.2) is 0 Å². The summed E-state index contributed by atoms with van der Waals surface area (Å²) in [7, 11) is 0. The molecule has 1 heterocycles. The third-order valence-electron chi connectivity index (χ3n) is 3.01. The highest BCUT2D eigenvalue weighted by atomic mass is 32.1. The Morgan fingerprint density at radius 1 is 1.05 bits per heavy atom. The second-order valence-electron chi connectivity index (χ2n) is 4.38. The molecule has 1 aromatic heterocycles. The number of carbonyl (C=O) groups is 1. The molecule has 0 bridgehead atoms. The van der Waals surface area contributed by atoms with Crippen LogP contribution in [0.15, 0.2) is 59.3 Å². The second-order valence-corrected chi connectivity index (χ2v) is 5.16. The van der Waals surface area contributed by atoms with Crippen LogP contribution < -0.4 is 5.32 Å². The summed E-state index contributed by atoms with van der Waals surface area (Å²) < 4.78 is 0. The van der Waals surface area contributed by atoms with Crippen LogP contribution in [0, 0.1) is 0 Å². The first-order valence-electron chi connectivity index (χ1n) is 6.11. The van der Waals surface area contributed by atoms with E-state index in [9.17, 15) is 4.79 Å². The molecule has 0 saturated heterocycles. The molecule has 0 unspecified atom stereocenters. The maximum Gasteiger partial charge on any atom is 0.228 e. The largest absolute Gasteiger partial charge is 0.325 e. The van der Waals surface area contributed by atoms with Gasteiger partial charge in [-0.25, -0.2) is 0 Å². The van der Waals surface area contributed by atoms with Gasteiger partial charge in [0.2, 0.25) is 5.91 Å². The summed E-state index contributed by atoms with van der Waals surface area (Å²) in [6.07, 6.45) is 0.423. The maximum atomic E-state index is 12.0. The Kier molecular flexibility index (Phi) is 3.29. The Labute approximate surface area is 115 Å². The molecule has 3 heteroatoms. The maximum absolute atomic E-state index is 12.0. The lowest BCUT2D eigenvalue weighted by Gasteiger charge is -2.08. The Balaban J connectivity index is 1.83. The summed E-state index contributed by atoms with van der Waals surface area (Å²) in [5.41, 5.74) is 1.93. The van der Waals surface area contributed by atoms with E-state index in [0.717, 1.165) is 22.0 Å². The summed E-state index contributed by atoms with van der Waals surface area (Å²) in [6, 6.07) is 16.0. The Hall–Kier alpha value is -2.13. The van der Waals surface area contributed by atoms with Gasteiger partial charge in [-0.2, -0.15) is 11.3 Å². The average Bonchev–Trinajstić information content (AvgIpc) is 2.92. The molecule has 0 saturated carbocycles. The molecule has 3 aromatic rings. The van der Waals surface area contributed by atoms with Crippen LogP contribution in [-0.2, 0) is 11.2 Å². The number of anilines is 1. The van der Waals surface area contributed by atoms with Crippen molar-refractivity contribution in [3.05, 3.63) is 64.9 Å². The molecule has 0 aliphatic heterocycles. The highest BCUT2D eigenvalue weighted by Crippen LogP contribution is 2.23. The van der Waals surface area contributed by atoms with Crippen LogP contribution in [0.5, 0.6) is 0 Å². The first-order valence-corrected chi connectivity index (χ1v) is 7.06. The van der Waals surface area contributed by atoms with Crippen molar-refractivity contribution in [3.63, 3.8) is 0 Å². The predicted octanol–water partition coefficient (Wildman–Crippen LogP) is 4.08. The molecule has 0 aliphatic carbocycles. The van der Waals surface area contributed by atoms with Crippen molar-refractivity contribution >= 4 is 33.7 Å². The zero-order valence-electron chi connectivity index (χ0n) is 10.3. The predicted molar refractivity (Wildman–Crippen MR) is 80.6 cm³/mol. The van der Waals surface area contributed by atoms with Crippen molar-refractivity contribution in [2.75, 3.05) is 5.32 Å². The molecule has 1 N–H and O–H groups in total. The minimum Gasteiger partial charge on any atom is -0.325 e. The lowest BCUT2D eigenvalue weighted by Crippen LogP contribution is -2.14. The number of benzene rings is 2. The van der Waals surface area contributed by atoms with Gasteiger partial charge in [0.05, 0.1) is 6.42 Å². The summed E-state index contributed by atoms with van der Waals surface area (Å²) in [5, 5.41) is 9.19. The molecule has 0 aliphatic rings. The number of nitrogens with one attached hydrogen (secondary N) is 1. The second kappa shape index (κ2) is 5.24. The van der Waals surface area contributed by atoms with E-state index in [2.05, 4.69) is 5.32 Å². The molecule has 94 valence electrons. The average molecular weight is 267 g/mol. The van der Waals surface area contributed by atoms with E-state index < -0.39 is 0 Å². The molecular weight excluding hydrogens is 254 g/mol. The molecule has 3 rings (SSSR count). The standard InChI is InChI=1S/C16H13NOS/c18-16(10-12-8-9-19-11-12)17-15-7-3-5-13-4-1-2-6-14(13)15/h1-9,11H,10H2,(H,17,18). The first kappa shape index (κ1) is 11.9. The number of thiophene rings is 1. The van der Waals surface area contributed by atoms with Gasteiger partial charge in [-0.05, 0) is 33.8 Å². The number of hydrogen-bond acceptors (Lipinski definition) is 2. The number of amides is 1. The summed E-state index contributed by atoms with van der Waals surface area (Å²) in [6.45, 7) is 0. The molecule has 0 spiro atoms. The molecule has 0 fully saturated rings. The summed E-state index contributed by atoms with van der Waals surface area (Å²) in [5.74, 6) is 0.0229. The van der Waals surface area contributed by atoms with Crippen LogP contribution in [0.1, 0.15) is 5.56 Å².